The highest BCUT2D eigenvalue weighted by molar-refractivity contribution is 7.88. The first-order valence-corrected chi connectivity index (χ1v) is 9.07. The summed E-state index contributed by atoms with van der Waals surface area (Å²) in [5, 5.41) is 0. The molecule has 2 aliphatic rings. The first-order chi connectivity index (χ1) is 9.71. The fourth-order valence-corrected chi connectivity index (χ4v) is 3.86. The second-order valence-electron chi connectivity index (χ2n) is 5.90. The summed E-state index contributed by atoms with van der Waals surface area (Å²) in [7, 11) is -1.44. The molecule has 1 atom stereocenters. The van der Waals surface area contributed by atoms with Gasteiger partial charge in [0.05, 0.1) is 6.26 Å². The van der Waals surface area contributed by atoms with Crippen LogP contribution in [-0.4, -0.2) is 79.9 Å². The quantitative estimate of drug-likeness (QED) is 0.678. The van der Waals surface area contributed by atoms with Crippen LogP contribution in [0.25, 0.3) is 0 Å². The third-order valence-corrected chi connectivity index (χ3v) is 5.74. The fourth-order valence-electron chi connectivity index (χ4n) is 2.98. The van der Waals surface area contributed by atoms with Crippen LogP contribution in [0.4, 0.5) is 0 Å². The highest BCUT2D eigenvalue weighted by atomic mass is 32.2. The summed E-state index contributed by atoms with van der Waals surface area (Å²) < 4.78 is 24.4. The maximum atomic E-state index is 12.6. The topological polar surface area (TPSA) is 78.0 Å². The number of carbonyl (C=O) groups excluding carboxylic acids is 2. The van der Waals surface area contributed by atoms with Gasteiger partial charge in [0.15, 0.2) is 0 Å². The molecule has 2 aliphatic heterocycles. The van der Waals surface area contributed by atoms with Gasteiger partial charge in [-0.3, -0.25) is 9.59 Å². The van der Waals surface area contributed by atoms with Crippen molar-refractivity contribution in [3.63, 3.8) is 0 Å². The zero-order chi connectivity index (χ0) is 15.8. The Kier molecular flexibility index (Phi) is 4.57. The van der Waals surface area contributed by atoms with E-state index < -0.39 is 16.1 Å². The lowest BCUT2D eigenvalue weighted by Crippen LogP contribution is -2.58. The maximum absolute atomic E-state index is 12.6. The van der Waals surface area contributed by atoms with E-state index in [4.69, 9.17) is 0 Å². The lowest BCUT2D eigenvalue weighted by molar-refractivity contribution is -0.152. The summed E-state index contributed by atoms with van der Waals surface area (Å²) >= 11 is 0. The summed E-state index contributed by atoms with van der Waals surface area (Å²) in [5.74, 6) is -0.234. The van der Waals surface area contributed by atoms with Crippen molar-refractivity contribution in [3.05, 3.63) is 0 Å². The molecule has 0 N–H and O–H groups in total. The molecule has 0 aromatic carbocycles. The van der Waals surface area contributed by atoms with E-state index in [2.05, 4.69) is 0 Å². The third kappa shape index (κ3) is 3.37. The van der Waals surface area contributed by atoms with Crippen LogP contribution in [0.15, 0.2) is 0 Å². The Labute approximate surface area is 125 Å². The molecule has 2 amide bonds. The van der Waals surface area contributed by atoms with Gasteiger partial charge in [0.1, 0.15) is 6.04 Å². The predicted octanol–water partition coefficient (Wildman–Crippen LogP) is -0.653. The Morgan fingerprint density at radius 1 is 1.14 bits per heavy atom. The van der Waals surface area contributed by atoms with Crippen molar-refractivity contribution < 1.29 is 18.0 Å². The highest BCUT2D eigenvalue weighted by Crippen LogP contribution is 2.23. The van der Waals surface area contributed by atoms with Gasteiger partial charge in [-0.25, -0.2) is 12.7 Å². The smallest absolute Gasteiger partial charge is 0.244 e. The summed E-state index contributed by atoms with van der Waals surface area (Å²) in [4.78, 5) is 27.8. The number of hydrogen-bond acceptors (Lipinski definition) is 4. The Hall–Kier alpha value is -1.15. The summed E-state index contributed by atoms with van der Waals surface area (Å²) in [6.45, 7) is 3.61. The van der Waals surface area contributed by atoms with E-state index in [1.807, 2.05) is 0 Å². The minimum Gasteiger partial charge on any atom is -0.342 e. The molecule has 21 heavy (non-hydrogen) atoms. The monoisotopic (exact) mass is 317 g/mol. The van der Waals surface area contributed by atoms with E-state index in [0.717, 1.165) is 0 Å². The zero-order valence-electron chi connectivity index (χ0n) is 12.8. The molecule has 120 valence electrons. The first kappa shape index (κ1) is 16.2. The molecule has 2 fully saturated rings. The Morgan fingerprint density at radius 2 is 1.71 bits per heavy atom. The molecule has 0 aromatic heterocycles. The van der Waals surface area contributed by atoms with Gasteiger partial charge in [0.25, 0.3) is 0 Å². The van der Waals surface area contributed by atoms with Crippen LogP contribution in [-0.2, 0) is 19.6 Å². The molecule has 0 radical (unpaired) electrons. The van der Waals surface area contributed by atoms with Gasteiger partial charge in [-0.1, -0.05) is 0 Å². The zero-order valence-corrected chi connectivity index (χ0v) is 13.6. The molecule has 2 heterocycles. The average molecular weight is 317 g/mol. The number of hydrogen-bond donors (Lipinski definition) is 0. The Bertz CT molecular complexity index is 526. The molecule has 1 unspecified atom stereocenters. The molecule has 8 heteroatoms. The van der Waals surface area contributed by atoms with Crippen LogP contribution < -0.4 is 0 Å². The second-order valence-corrected chi connectivity index (χ2v) is 7.89. The number of likely N-dealkylation sites (N-methyl/N-ethyl adjacent to an activating group) is 1. The molecule has 0 saturated carbocycles. The van der Waals surface area contributed by atoms with Crippen molar-refractivity contribution in [3.8, 4) is 0 Å². The minimum absolute atomic E-state index is 0.0166. The predicted molar refractivity (Wildman–Crippen MR) is 78.0 cm³/mol. The first-order valence-electron chi connectivity index (χ1n) is 7.22. The fraction of sp³-hybridized carbons (Fsp3) is 0.846. The van der Waals surface area contributed by atoms with E-state index in [-0.39, 0.29) is 17.7 Å². The number of rotatable bonds is 2. The SMILES string of the molecule is CC1C(=O)N(C)CCN1C(=O)C1CCN(S(C)(=O)=O)CC1. The number of carbonyl (C=O) groups is 2. The molecular weight excluding hydrogens is 294 g/mol. The van der Waals surface area contributed by atoms with Gasteiger partial charge >= 0.3 is 0 Å². The van der Waals surface area contributed by atoms with Crippen LogP contribution in [0, 0.1) is 5.92 Å². The van der Waals surface area contributed by atoms with Crippen molar-refractivity contribution in [2.45, 2.75) is 25.8 Å². The summed E-state index contributed by atoms with van der Waals surface area (Å²) in [5.41, 5.74) is 0. The van der Waals surface area contributed by atoms with Gasteiger partial charge in [-0.05, 0) is 19.8 Å². The third-order valence-electron chi connectivity index (χ3n) is 4.43. The van der Waals surface area contributed by atoms with E-state index in [1.165, 1.54) is 10.6 Å². The van der Waals surface area contributed by atoms with E-state index >= 15 is 0 Å². The van der Waals surface area contributed by atoms with Gasteiger partial charge in [-0.2, -0.15) is 0 Å². The van der Waals surface area contributed by atoms with Crippen molar-refractivity contribution in [2.24, 2.45) is 5.92 Å². The average Bonchev–Trinajstić information content (AvgIpc) is 2.43. The van der Waals surface area contributed by atoms with E-state index in [1.54, 1.807) is 23.8 Å². The molecule has 0 aromatic rings. The van der Waals surface area contributed by atoms with Crippen LogP contribution in [0.2, 0.25) is 0 Å². The van der Waals surface area contributed by atoms with Crippen LogP contribution in [0.3, 0.4) is 0 Å². The number of amides is 2. The maximum Gasteiger partial charge on any atom is 0.244 e. The largest absolute Gasteiger partial charge is 0.342 e. The summed E-state index contributed by atoms with van der Waals surface area (Å²) in [6, 6.07) is -0.427. The lowest BCUT2D eigenvalue weighted by atomic mass is 9.95. The molecular formula is C13H23N3O4S. The number of nitrogens with zero attached hydrogens (tertiary/aromatic N) is 3. The van der Waals surface area contributed by atoms with Gasteiger partial charge in [0, 0.05) is 39.1 Å². The molecule has 7 nitrogen and oxygen atoms in total. The van der Waals surface area contributed by atoms with E-state index in [9.17, 15) is 18.0 Å². The van der Waals surface area contributed by atoms with Crippen molar-refractivity contribution in [2.75, 3.05) is 39.5 Å². The Morgan fingerprint density at radius 3 is 2.24 bits per heavy atom. The minimum atomic E-state index is -3.18. The van der Waals surface area contributed by atoms with E-state index in [0.29, 0.717) is 39.0 Å². The van der Waals surface area contributed by atoms with Crippen LogP contribution >= 0.6 is 0 Å². The number of piperazine rings is 1. The standard InChI is InChI=1S/C13H23N3O4S/c1-10-12(17)14(2)8-9-16(10)13(18)11-4-6-15(7-5-11)21(3,19)20/h10-11H,4-9H2,1-3H3. The van der Waals surface area contributed by atoms with Crippen molar-refractivity contribution in [1.29, 1.82) is 0 Å². The second kappa shape index (κ2) is 5.92. The normalized spacial score (nSPS) is 26.2. The highest BCUT2D eigenvalue weighted by Gasteiger charge is 2.37. The molecule has 0 aliphatic carbocycles. The number of piperidine rings is 1. The van der Waals surface area contributed by atoms with Crippen molar-refractivity contribution in [1.82, 2.24) is 14.1 Å². The van der Waals surface area contributed by atoms with Crippen LogP contribution in [0.1, 0.15) is 19.8 Å². The molecule has 0 bridgehead atoms. The van der Waals surface area contributed by atoms with Gasteiger partial charge < -0.3 is 9.80 Å². The molecule has 2 saturated heterocycles. The van der Waals surface area contributed by atoms with Crippen LogP contribution in [0.5, 0.6) is 0 Å². The van der Waals surface area contributed by atoms with Gasteiger partial charge in [-0.15, -0.1) is 0 Å². The number of sulfonamides is 1. The van der Waals surface area contributed by atoms with Gasteiger partial charge in [0.2, 0.25) is 21.8 Å². The van der Waals surface area contributed by atoms with Crippen molar-refractivity contribution >= 4 is 21.8 Å². The summed E-state index contributed by atoms with van der Waals surface area (Å²) in [6.07, 6.45) is 2.24. The lowest BCUT2D eigenvalue weighted by Gasteiger charge is -2.40. The molecule has 0 spiro atoms. The molecule has 2 rings (SSSR count). The Balaban J connectivity index is 1.98.